The van der Waals surface area contributed by atoms with Crippen LogP contribution in [-0.4, -0.2) is 27.4 Å². The Balaban J connectivity index is 2.21. The van der Waals surface area contributed by atoms with Gasteiger partial charge in [0.15, 0.2) is 0 Å². The van der Waals surface area contributed by atoms with E-state index < -0.39 is 0 Å². The van der Waals surface area contributed by atoms with E-state index in [1.165, 1.54) is 5.56 Å². The average molecular weight is 337 g/mol. The summed E-state index contributed by atoms with van der Waals surface area (Å²) in [6.07, 6.45) is 2.49. The lowest BCUT2D eigenvalue weighted by Gasteiger charge is -2.20. The zero-order chi connectivity index (χ0) is 14.5. The van der Waals surface area contributed by atoms with Gasteiger partial charge in [-0.15, -0.1) is 0 Å². The van der Waals surface area contributed by atoms with Gasteiger partial charge < -0.3 is 5.32 Å². The van der Waals surface area contributed by atoms with E-state index in [0.717, 1.165) is 23.3 Å². The third-order valence-electron chi connectivity index (χ3n) is 3.35. The second-order valence-electron chi connectivity index (χ2n) is 5.29. The van der Waals surface area contributed by atoms with Crippen molar-refractivity contribution in [3.63, 3.8) is 0 Å². The summed E-state index contributed by atoms with van der Waals surface area (Å²) >= 11 is 3.66. The van der Waals surface area contributed by atoms with Crippen LogP contribution in [-0.2, 0) is 13.5 Å². The zero-order valence-electron chi connectivity index (χ0n) is 12.2. The lowest BCUT2D eigenvalue weighted by molar-refractivity contribution is 0.512. The molecule has 1 atom stereocenters. The van der Waals surface area contributed by atoms with Crippen LogP contribution in [0.3, 0.4) is 0 Å². The van der Waals surface area contributed by atoms with Crippen LogP contribution in [0.2, 0.25) is 0 Å². The molecule has 0 amide bonds. The van der Waals surface area contributed by atoms with Gasteiger partial charge in [0.1, 0.15) is 12.2 Å². The van der Waals surface area contributed by atoms with Gasteiger partial charge in [-0.2, -0.15) is 5.10 Å². The van der Waals surface area contributed by atoms with Crippen LogP contribution < -0.4 is 5.32 Å². The Kier molecular flexibility index (Phi) is 5.31. The fraction of sp³-hybridized carbons (Fsp3) is 0.467. The molecule has 108 valence electrons. The number of hydrogen-bond donors (Lipinski definition) is 1. The Hall–Kier alpha value is -1.20. The Morgan fingerprint density at radius 1 is 1.30 bits per heavy atom. The van der Waals surface area contributed by atoms with Crippen molar-refractivity contribution in [3.8, 4) is 0 Å². The van der Waals surface area contributed by atoms with E-state index in [1.54, 1.807) is 6.33 Å². The molecule has 1 unspecified atom stereocenters. The molecule has 0 fully saturated rings. The first-order valence-corrected chi connectivity index (χ1v) is 7.68. The molecule has 4 nitrogen and oxygen atoms in total. The van der Waals surface area contributed by atoms with Crippen LogP contribution in [0.15, 0.2) is 35.1 Å². The van der Waals surface area contributed by atoms with Crippen molar-refractivity contribution in [2.24, 2.45) is 7.05 Å². The van der Waals surface area contributed by atoms with Gasteiger partial charge in [-0.25, -0.2) is 4.98 Å². The molecular formula is C15H21BrN4. The van der Waals surface area contributed by atoms with Crippen molar-refractivity contribution >= 4 is 15.9 Å². The summed E-state index contributed by atoms with van der Waals surface area (Å²) in [5.74, 6) is 1.38. The van der Waals surface area contributed by atoms with Gasteiger partial charge in [-0.05, 0) is 11.6 Å². The SMILES string of the molecule is CC(C)NCC(Cc1ncnn1C)c1ccccc1Br. The topological polar surface area (TPSA) is 42.7 Å². The van der Waals surface area contributed by atoms with Gasteiger partial charge in [0.25, 0.3) is 0 Å². The van der Waals surface area contributed by atoms with Crippen molar-refractivity contribution in [2.45, 2.75) is 32.2 Å². The number of nitrogens with one attached hydrogen (secondary N) is 1. The highest BCUT2D eigenvalue weighted by Gasteiger charge is 2.17. The molecule has 1 N–H and O–H groups in total. The number of rotatable bonds is 6. The number of aromatic nitrogens is 3. The molecule has 0 saturated heterocycles. The maximum Gasteiger partial charge on any atom is 0.138 e. The lowest BCUT2D eigenvalue weighted by atomic mass is 9.95. The summed E-state index contributed by atoms with van der Waals surface area (Å²) < 4.78 is 3.00. The van der Waals surface area contributed by atoms with Gasteiger partial charge in [0.05, 0.1) is 0 Å². The first-order valence-electron chi connectivity index (χ1n) is 6.88. The fourth-order valence-electron chi connectivity index (χ4n) is 2.20. The number of nitrogens with zero attached hydrogens (tertiary/aromatic N) is 3. The van der Waals surface area contributed by atoms with Gasteiger partial charge in [-0.3, -0.25) is 4.68 Å². The number of aryl methyl sites for hydroxylation is 1. The second kappa shape index (κ2) is 6.99. The molecule has 1 aromatic carbocycles. The van der Waals surface area contributed by atoms with Crippen molar-refractivity contribution in [1.82, 2.24) is 20.1 Å². The molecule has 0 radical (unpaired) electrons. The smallest absolute Gasteiger partial charge is 0.138 e. The quantitative estimate of drug-likeness (QED) is 0.881. The van der Waals surface area contributed by atoms with E-state index in [-0.39, 0.29) is 0 Å². The monoisotopic (exact) mass is 336 g/mol. The summed E-state index contributed by atoms with van der Waals surface area (Å²) in [5.41, 5.74) is 1.31. The molecule has 2 aromatic rings. The van der Waals surface area contributed by atoms with E-state index in [0.29, 0.717) is 12.0 Å². The van der Waals surface area contributed by atoms with Crippen LogP contribution in [0, 0.1) is 0 Å². The van der Waals surface area contributed by atoms with Crippen molar-refractivity contribution < 1.29 is 0 Å². The predicted molar refractivity (Wildman–Crippen MR) is 84.7 cm³/mol. The molecule has 1 heterocycles. The van der Waals surface area contributed by atoms with Gasteiger partial charge in [0.2, 0.25) is 0 Å². The van der Waals surface area contributed by atoms with Crippen molar-refractivity contribution in [1.29, 1.82) is 0 Å². The third kappa shape index (κ3) is 3.90. The highest BCUT2D eigenvalue weighted by Crippen LogP contribution is 2.27. The summed E-state index contributed by atoms with van der Waals surface area (Å²) in [4.78, 5) is 4.35. The van der Waals surface area contributed by atoms with E-state index in [2.05, 4.69) is 63.4 Å². The Bertz CT molecular complexity index is 550. The average Bonchev–Trinajstić information content (AvgIpc) is 2.81. The third-order valence-corrected chi connectivity index (χ3v) is 4.07. The normalized spacial score (nSPS) is 12.8. The first-order chi connectivity index (χ1) is 9.58. The van der Waals surface area contributed by atoms with Crippen molar-refractivity contribution in [3.05, 3.63) is 46.5 Å². The molecule has 0 aliphatic rings. The minimum absolute atomic E-state index is 0.371. The van der Waals surface area contributed by atoms with E-state index in [9.17, 15) is 0 Å². The number of benzene rings is 1. The molecule has 0 spiro atoms. The van der Waals surface area contributed by atoms with Crippen LogP contribution in [0.1, 0.15) is 31.2 Å². The summed E-state index contributed by atoms with van der Waals surface area (Å²) in [7, 11) is 1.94. The van der Waals surface area contributed by atoms with Gasteiger partial charge in [0, 0.05) is 36.4 Å². The minimum atomic E-state index is 0.371. The second-order valence-corrected chi connectivity index (χ2v) is 6.14. The molecule has 0 aliphatic heterocycles. The standard InChI is InChI=1S/C15H21BrN4/c1-11(2)17-9-12(8-15-18-10-19-20(15)3)13-6-4-5-7-14(13)16/h4-7,10-12,17H,8-9H2,1-3H3. The molecule has 0 aliphatic carbocycles. The van der Waals surface area contributed by atoms with Gasteiger partial charge >= 0.3 is 0 Å². The highest BCUT2D eigenvalue weighted by molar-refractivity contribution is 9.10. The number of hydrogen-bond acceptors (Lipinski definition) is 3. The minimum Gasteiger partial charge on any atom is -0.314 e. The zero-order valence-corrected chi connectivity index (χ0v) is 13.8. The fourth-order valence-corrected chi connectivity index (χ4v) is 2.81. The summed E-state index contributed by atoms with van der Waals surface area (Å²) in [6.45, 7) is 5.26. The lowest BCUT2D eigenvalue weighted by Crippen LogP contribution is -2.29. The van der Waals surface area contributed by atoms with E-state index in [1.807, 2.05) is 17.8 Å². The Morgan fingerprint density at radius 3 is 2.65 bits per heavy atom. The molecule has 1 aromatic heterocycles. The Labute approximate surface area is 128 Å². The molecule has 5 heteroatoms. The van der Waals surface area contributed by atoms with Gasteiger partial charge in [-0.1, -0.05) is 48.0 Å². The molecular weight excluding hydrogens is 316 g/mol. The maximum atomic E-state index is 4.35. The van der Waals surface area contributed by atoms with Crippen LogP contribution in [0.4, 0.5) is 0 Å². The summed E-state index contributed by atoms with van der Waals surface area (Å²) in [5, 5.41) is 7.68. The van der Waals surface area contributed by atoms with E-state index >= 15 is 0 Å². The highest BCUT2D eigenvalue weighted by atomic mass is 79.9. The maximum absolute atomic E-state index is 4.35. The van der Waals surface area contributed by atoms with Crippen LogP contribution in [0.5, 0.6) is 0 Å². The van der Waals surface area contributed by atoms with Crippen LogP contribution >= 0.6 is 15.9 Å². The summed E-state index contributed by atoms with van der Waals surface area (Å²) in [6, 6.07) is 8.86. The largest absolute Gasteiger partial charge is 0.314 e. The first kappa shape index (κ1) is 15.2. The van der Waals surface area contributed by atoms with Crippen LogP contribution in [0.25, 0.3) is 0 Å². The number of halogens is 1. The van der Waals surface area contributed by atoms with E-state index in [4.69, 9.17) is 0 Å². The predicted octanol–water partition coefficient (Wildman–Crippen LogP) is 2.90. The van der Waals surface area contributed by atoms with Crippen molar-refractivity contribution in [2.75, 3.05) is 6.54 Å². The Morgan fingerprint density at radius 2 is 2.05 bits per heavy atom. The molecule has 20 heavy (non-hydrogen) atoms. The molecule has 0 saturated carbocycles. The molecule has 2 rings (SSSR count). The molecule has 0 bridgehead atoms.